The van der Waals surface area contributed by atoms with Gasteiger partial charge in [0.05, 0.1) is 0 Å². The van der Waals surface area contributed by atoms with Gasteiger partial charge in [-0.3, -0.25) is 0 Å². The van der Waals surface area contributed by atoms with Crippen LogP contribution in [-0.2, 0) is 4.84 Å². The van der Waals surface area contributed by atoms with E-state index in [0.29, 0.717) is 0 Å². The van der Waals surface area contributed by atoms with Gasteiger partial charge < -0.3 is 4.84 Å². The van der Waals surface area contributed by atoms with Crippen LogP contribution in [0.3, 0.4) is 0 Å². The molecule has 0 heterocycles. The molecule has 0 aliphatic heterocycles. The second kappa shape index (κ2) is 5.35. The number of oxime groups is 1. The molecule has 0 saturated heterocycles. The van der Waals surface area contributed by atoms with Crippen LogP contribution >= 0.6 is 0 Å². The molecule has 0 N–H and O–H groups in total. The summed E-state index contributed by atoms with van der Waals surface area (Å²) in [6, 6.07) is 0. The van der Waals surface area contributed by atoms with Gasteiger partial charge in [-0.05, 0) is 6.42 Å². The summed E-state index contributed by atoms with van der Waals surface area (Å²) in [4.78, 5) is 4.57. The van der Waals surface area contributed by atoms with Crippen molar-refractivity contribution in [1.29, 1.82) is 0 Å². The summed E-state index contributed by atoms with van der Waals surface area (Å²) in [6.07, 6.45) is 14.0. The van der Waals surface area contributed by atoms with Gasteiger partial charge in [-0.1, -0.05) is 41.1 Å². The molecule has 0 aromatic rings. The average molecular weight is 163 g/mol. The van der Waals surface area contributed by atoms with Crippen LogP contribution in [0, 0.1) is 0 Å². The highest BCUT2D eigenvalue weighted by atomic mass is 16.6. The van der Waals surface area contributed by atoms with Gasteiger partial charge in [-0.15, -0.1) is 0 Å². The fourth-order valence-electron chi connectivity index (χ4n) is 1.00. The molecule has 2 nitrogen and oxygen atoms in total. The fraction of sp³-hybridized carbons (Fsp3) is 0.300. The third-order valence-electron chi connectivity index (χ3n) is 1.60. The zero-order valence-electron chi connectivity index (χ0n) is 7.23. The summed E-state index contributed by atoms with van der Waals surface area (Å²) in [6.45, 7) is 0. The molecule has 0 fully saturated rings. The van der Waals surface area contributed by atoms with Crippen molar-refractivity contribution in [3.63, 3.8) is 0 Å². The monoisotopic (exact) mass is 163 g/mol. The van der Waals surface area contributed by atoms with Gasteiger partial charge >= 0.3 is 0 Å². The Kier molecular flexibility index (Phi) is 3.92. The van der Waals surface area contributed by atoms with E-state index in [2.05, 4.69) is 28.2 Å². The molecule has 0 aromatic carbocycles. The van der Waals surface area contributed by atoms with Crippen molar-refractivity contribution in [2.24, 2.45) is 5.16 Å². The standard InChI is InChI=1S/C10H13NO/c1-12-11-9-8-10-6-4-2-3-5-7-10/h2-6,9H,7-8H2,1H3/b11-9+. The number of rotatable bonds is 3. The highest BCUT2D eigenvalue weighted by molar-refractivity contribution is 5.60. The third-order valence-corrected chi connectivity index (χ3v) is 1.60. The lowest BCUT2D eigenvalue weighted by Gasteiger charge is -1.96. The molecule has 12 heavy (non-hydrogen) atoms. The van der Waals surface area contributed by atoms with Gasteiger partial charge in [0, 0.05) is 12.6 Å². The molecule has 1 aliphatic carbocycles. The van der Waals surface area contributed by atoms with E-state index in [9.17, 15) is 0 Å². The van der Waals surface area contributed by atoms with Gasteiger partial charge in [-0.2, -0.15) is 0 Å². The summed E-state index contributed by atoms with van der Waals surface area (Å²) in [5, 5.41) is 3.68. The van der Waals surface area contributed by atoms with Crippen LogP contribution in [-0.4, -0.2) is 13.3 Å². The van der Waals surface area contributed by atoms with Crippen LogP contribution in [0.2, 0.25) is 0 Å². The molecule has 0 amide bonds. The number of hydrogen-bond acceptors (Lipinski definition) is 2. The van der Waals surface area contributed by atoms with E-state index >= 15 is 0 Å². The Morgan fingerprint density at radius 3 is 3.25 bits per heavy atom. The summed E-state index contributed by atoms with van der Waals surface area (Å²) in [7, 11) is 1.55. The minimum Gasteiger partial charge on any atom is -0.399 e. The maximum atomic E-state index is 4.57. The summed E-state index contributed by atoms with van der Waals surface area (Å²) in [5.74, 6) is 0. The largest absolute Gasteiger partial charge is 0.399 e. The van der Waals surface area contributed by atoms with Crippen molar-refractivity contribution in [1.82, 2.24) is 0 Å². The molecular weight excluding hydrogens is 150 g/mol. The van der Waals surface area contributed by atoms with E-state index in [1.165, 1.54) is 5.57 Å². The van der Waals surface area contributed by atoms with Crippen molar-refractivity contribution in [2.75, 3.05) is 7.11 Å². The quantitative estimate of drug-likeness (QED) is 0.462. The topological polar surface area (TPSA) is 21.6 Å². The van der Waals surface area contributed by atoms with Crippen LogP contribution in [0.1, 0.15) is 12.8 Å². The molecule has 0 spiro atoms. The Balaban J connectivity index is 2.41. The maximum absolute atomic E-state index is 4.57. The Morgan fingerprint density at radius 2 is 2.42 bits per heavy atom. The van der Waals surface area contributed by atoms with Gasteiger partial charge in [0.1, 0.15) is 7.11 Å². The zero-order valence-corrected chi connectivity index (χ0v) is 7.23. The minimum absolute atomic E-state index is 0.864. The third kappa shape index (κ3) is 3.19. The number of hydrogen-bond donors (Lipinski definition) is 0. The number of allylic oxidation sites excluding steroid dienone is 6. The lowest BCUT2D eigenvalue weighted by Crippen LogP contribution is -1.83. The van der Waals surface area contributed by atoms with Crippen LogP contribution in [0.4, 0.5) is 0 Å². The van der Waals surface area contributed by atoms with E-state index in [-0.39, 0.29) is 0 Å². The van der Waals surface area contributed by atoms with Gasteiger partial charge in [0.15, 0.2) is 0 Å². The van der Waals surface area contributed by atoms with Crippen molar-refractivity contribution in [3.8, 4) is 0 Å². The molecular formula is C10H13NO. The Morgan fingerprint density at radius 1 is 1.50 bits per heavy atom. The zero-order chi connectivity index (χ0) is 8.65. The number of nitrogens with zero attached hydrogens (tertiary/aromatic N) is 1. The van der Waals surface area contributed by atoms with Crippen molar-refractivity contribution in [3.05, 3.63) is 36.0 Å². The first-order valence-corrected chi connectivity index (χ1v) is 3.99. The maximum Gasteiger partial charge on any atom is 0.106 e. The average Bonchev–Trinajstić information content (AvgIpc) is 2.33. The van der Waals surface area contributed by atoms with Gasteiger partial charge in [0.2, 0.25) is 0 Å². The van der Waals surface area contributed by atoms with E-state index in [1.807, 2.05) is 12.2 Å². The molecule has 0 saturated carbocycles. The highest BCUT2D eigenvalue weighted by Gasteiger charge is 1.92. The highest BCUT2D eigenvalue weighted by Crippen LogP contribution is 2.09. The first-order chi connectivity index (χ1) is 5.93. The molecule has 1 aliphatic rings. The first kappa shape index (κ1) is 8.78. The van der Waals surface area contributed by atoms with Crippen LogP contribution in [0.25, 0.3) is 0 Å². The second-order valence-electron chi connectivity index (χ2n) is 2.52. The van der Waals surface area contributed by atoms with Gasteiger partial charge in [-0.25, -0.2) is 0 Å². The van der Waals surface area contributed by atoms with Crippen molar-refractivity contribution in [2.45, 2.75) is 12.8 Å². The summed E-state index contributed by atoms with van der Waals surface area (Å²) in [5.41, 5.74) is 1.35. The predicted octanol–water partition coefficient (Wildman–Crippen LogP) is 2.45. The molecule has 0 unspecified atom stereocenters. The van der Waals surface area contributed by atoms with E-state index in [4.69, 9.17) is 0 Å². The Bertz CT molecular complexity index is 236. The van der Waals surface area contributed by atoms with Crippen LogP contribution in [0.15, 0.2) is 41.1 Å². The molecule has 0 radical (unpaired) electrons. The fourth-order valence-corrected chi connectivity index (χ4v) is 1.00. The van der Waals surface area contributed by atoms with Crippen LogP contribution < -0.4 is 0 Å². The summed E-state index contributed by atoms with van der Waals surface area (Å²) >= 11 is 0. The Hall–Kier alpha value is -1.31. The van der Waals surface area contributed by atoms with E-state index < -0.39 is 0 Å². The van der Waals surface area contributed by atoms with E-state index in [1.54, 1.807) is 13.3 Å². The molecule has 0 aromatic heterocycles. The molecule has 64 valence electrons. The normalized spacial score (nSPS) is 16.2. The second-order valence-corrected chi connectivity index (χ2v) is 2.52. The van der Waals surface area contributed by atoms with Crippen LogP contribution in [0.5, 0.6) is 0 Å². The van der Waals surface area contributed by atoms with E-state index in [0.717, 1.165) is 12.8 Å². The molecule has 2 heteroatoms. The van der Waals surface area contributed by atoms with Crippen molar-refractivity contribution < 1.29 is 4.84 Å². The molecule has 0 bridgehead atoms. The molecule has 0 atom stereocenters. The Labute approximate surface area is 72.9 Å². The van der Waals surface area contributed by atoms with Gasteiger partial charge in [0.25, 0.3) is 0 Å². The lowest BCUT2D eigenvalue weighted by atomic mass is 10.1. The first-order valence-electron chi connectivity index (χ1n) is 3.99. The predicted molar refractivity (Wildman–Crippen MR) is 51.1 cm³/mol. The smallest absolute Gasteiger partial charge is 0.106 e. The minimum atomic E-state index is 0.864. The van der Waals surface area contributed by atoms with Crippen molar-refractivity contribution >= 4 is 6.21 Å². The lowest BCUT2D eigenvalue weighted by molar-refractivity contribution is 0.215. The SMILES string of the molecule is CO/N=C/CC1=CC=CC=CC1. The molecule has 1 rings (SSSR count). The summed E-state index contributed by atoms with van der Waals surface area (Å²) < 4.78 is 0.